The minimum absolute atomic E-state index is 0.0465. The third-order valence-corrected chi connectivity index (χ3v) is 8.72. The van der Waals surface area contributed by atoms with Gasteiger partial charge in [0.25, 0.3) is 0 Å². The molecule has 3 nitrogen and oxygen atoms in total. The van der Waals surface area contributed by atoms with Crippen molar-refractivity contribution in [2.75, 3.05) is 0 Å². The SMILES string of the molecule is C[C@]12CC[C@H](O)C[C@@H]1CC[C@H]1[C@@H]3CCC(=O)[C@@]3(C)C[C@@H]3O[C@@]312. The molecular weight excluding hydrogens is 276 g/mol. The molecule has 5 fully saturated rings. The third-order valence-electron chi connectivity index (χ3n) is 8.72. The summed E-state index contributed by atoms with van der Waals surface area (Å²) in [7, 11) is 0. The summed E-state index contributed by atoms with van der Waals surface area (Å²) in [6.07, 6.45) is 8.45. The van der Waals surface area contributed by atoms with Crippen molar-refractivity contribution in [3.05, 3.63) is 0 Å². The normalized spacial score (nSPS) is 62.7. The minimum atomic E-state index is -0.106. The van der Waals surface area contributed by atoms with Gasteiger partial charge < -0.3 is 9.84 Å². The van der Waals surface area contributed by atoms with E-state index in [1.807, 2.05) is 0 Å². The summed E-state index contributed by atoms with van der Waals surface area (Å²) < 4.78 is 6.49. The number of hydrogen-bond acceptors (Lipinski definition) is 3. The van der Waals surface area contributed by atoms with Crippen molar-refractivity contribution in [3.63, 3.8) is 0 Å². The van der Waals surface area contributed by atoms with Crippen LogP contribution in [0.3, 0.4) is 0 Å². The van der Waals surface area contributed by atoms with Crippen molar-refractivity contribution in [1.29, 1.82) is 0 Å². The van der Waals surface area contributed by atoms with E-state index in [0.717, 1.165) is 38.5 Å². The first-order chi connectivity index (χ1) is 10.4. The number of aliphatic hydroxyl groups excluding tert-OH is 1. The third kappa shape index (κ3) is 1.36. The van der Waals surface area contributed by atoms with Gasteiger partial charge in [0.1, 0.15) is 11.4 Å². The Hall–Kier alpha value is -0.410. The molecule has 1 saturated heterocycles. The van der Waals surface area contributed by atoms with Gasteiger partial charge in [0.05, 0.1) is 12.2 Å². The topological polar surface area (TPSA) is 49.8 Å². The number of epoxide rings is 1. The van der Waals surface area contributed by atoms with Crippen LogP contribution in [0.2, 0.25) is 0 Å². The number of fused-ring (bicyclic) bond motifs is 3. The molecule has 22 heavy (non-hydrogen) atoms. The second kappa shape index (κ2) is 3.97. The van der Waals surface area contributed by atoms with E-state index in [2.05, 4.69) is 13.8 Å². The van der Waals surface area contributed by atoms with Crippen LogP contribution in [-0.4, -0.2) is 28.7 Å². The number of Topliss-reactive ketones (excluding diaryl/α,β-unsaturated/α-hetero) is 1. The van der Waals surface area contributed by atoms with E-state index in [4.69, 9.17) is 4.74 Å². The van der Waals surface area contributed by atoms with E-state index < -0.39 is 0 Å². The number of ether oxygens (including phenoxy) is 1. The number of hydrogen-bond donors (Lipinski definition) is 1. The number of rotatable bonds is 0. The van der Waals surface area contributed by atoms with Crippen LogP contribution in [0.4, 0.5) is 0 Å². The van der Waals surface area contributed by atoms with E-state index in [-0.39, 0.29) is 22.5 Å². The molecule has 4 saturated carbocycles. The van der Waals surface area contributed by atoms with Crippen LogP contribution in [-0.2, 0) is 9.53 Å². The Kier molecular flexibility index (Phi) is 2.52. The molecule has 4 aliphatic carbocycles. The van der Waals surface area contributed by atoms with Crippen LogP contribution in [0.25, 0.3) is 0 Å². The van der Waals surface area contributed by atoms with E-state index in [1.54, 1.807) is 0 Å². The van der Waals surface area contributed by atoms with Gasteiger partial charge in [0.2, 0.25) is 0 Å². The van der Waals surface area contributed by atoms with Gasteiger partial charge in [0, 0.05) is 17.3 Å². The lowest BCUT2D eigenvalue weighted by atomic mass is 9.45. The minimum Gasteiger partial charge on any atom is -0.393 e. The molecule has 5 aliphatic rings. The Morgan fingerprint density at radius 1 is 1.14 bits per heavy atom. The van der Waals surface area contributed by atoms with Crippen molar-refractivity contribution < 1.29 is 14.6 Å². The molecule has 1 N–H and O–H groups in total. The quantitative estimate of drug-likeness (QED) is 0.700. The van der Waals surface area contributed by atoms with Gasteiger partial charge >= 0.3 is 0 Å². The fraction of sp³-hybridized carbons (Fsp3) is 0.947. The molecule has 0 bridgehead atoms. The highest BCUT2D eigenvalue weighted by Crippen LogP contribution is 2.75. The Balaban J connectivity index is 1.55. The van der Waals surface area contributed by atoms with Crippen molar-refractivity contribution in [2.45, 2.75) is 83.0 Å². The number of carbonyl (C=O) groups is 1. The molecule has 0 aromatic carbocycles. The highest BCUT2D eigenvalue weighted by molar-refractivity contribution is 5.87. The zero-order chi connectivity index (χ0) is 15.3. The van der Waals surface area contributed by atoms with Crippen LogP contribution in [0.5, 0.6) is 0 Å². The molecule has 1 spiro atoms. The van der Waals surface area contributed by atoms with Gasteiger partial charge in [-0.1, -0.05) is 13.8 Å². The smallest absolute Gasteiger partial charge is 0.139 e. The van der Waals surface area contributed by atoms with Crippen molar-refractivity contribution in [2.24, 2.45) is 28.6 Å². The van der Waals surface area contributed by atoms with Crippen molar-refractivity contribution >= 4 is 5.78 Å². The first-order valence-electron chi connectivity index (χ1n) is 9.31. The summed E-state index contributed by atoms with van der Waals surface area (Å²) in [5.74, 6) is 2.23. The molecule has 1 heterocycles. The second-order valence-corrected chi connectivity index (χ2v) is 9.32. The first-order valence-corrected chi connectivity index (χ1v) is 9.31. The van der Waals surface area contributed by atoms with Crippen LogP contribution in [0.1, 0.15) is 65.2 Å². The standard InChI is InChI=1S/C19H28O3/c1-17-10-16-19(22-16)14(13(17)5-6-15(17)21)4-3-11-9-12(20)7-8-18(11,19)2/h11-14,16,20H,3-10H2,1-2H3/t11-,12-,13-,14-,16-,17-,18-,19+/m0/s1. The first kappa shape index (κ1) is 14.0. The molecule has 122 valence electrons. The Labute approximate surface area is 132 Å². The zero-order valence-electron chi connectivity index (χ0n) is 13.8. The lowest BCUT2D eigenvalue weighted by Gasteiger charge is -2.58. The van der Waals surface area contributed by atoms with Crippen LogP contribution < -0.4 is 0 Å². The fourth-order valence-electron chi connectivity index (χ4n) is 7.46. The van der Waals surface area contributed by atoms with Gasteiger partial charge in [-0.05, 0) is 62.7 Å². The maximum Gasteiger partial charge on any atom is 0.139 e. The molecule has 5 rings (SSSR count). The molecule has 0 amide bonds. The Morgan fingerprint density at radius 2 is 1.95 bits per heavy atom. The van der Waals surface area contributed by atoms with Crippen molar-refractivity contribution in [1.82, 2.24) is 0 Å². The second-order valence-electron chi connectivity index (χ2n) is 9.32. The van der Waals surface area contributed by atoms with Gasteiger partial charge in [0.15, 0.2) is 0 Å². The van der Waals surface area contributed by atoms with Crippen LogP contribution >= 0.6 is 0 Å². The number of ketones is 1. The number of carbonyl (C=O) groups excluding carboxylic acids is 1. The molecular formula is C19H28O3. The fourth-order valence-corrected chi connectivity index (χ4v) is 7.46. The highest BCUT2D eigenvalue weighted by atomic mass is 16.6. The average molecular weight is 304 g/mol. The maximum absolute atomic E-state index is 12.5. The predicted molar refractivity (Wildman–Crippen MR) is 82.2 cm³/mol. The Bertz CT molecular complexity index is 545. The maximum atomic E-state index is 12.5. The molecule has 0 radical (unpaired) electrons. The lowest BCUT2D eigenvalue weighted by molar-refractivity contribution is -0.136. The largest absolute Gasteiger partial charge is 0.393 e. The van der Waals surface area contributed by atoms with Crippen LogP contribution in [0, 0.1) is 28.6 Å². The average Bonchev–Trinajstić information content (AvgIpc) is 3.12. The molecule has 0 aromatic rings. The van der Waals surface area contributed by atoms with Gasteiger partial charge in [-0.25, -0.2) is 0 Å². The van der Waals surface area contributed by atoms with Gasteiger partial charge in [-0.3, -0.25) is 4.79 Å². The molecule has 1 aliphatic heterocycles. The lowest BCUT2D eigenvalue weighted by Crippen LogP contribution is -2.60. The highest BCUT2D eigenvalue weighted by Gasteiger charge is 2.79. The summed E-state index contributed by atoms with van der Waals surface area (Å²) in [4.78, 5) is 12.5. The predicted octanol–water partition coefficient (Wildman–Crippen LogP) is 3.09. The summed E-state index contributed by atoms with van der Waals surface area (Å²) >= 11 is 0. The Morgan fingerprint density at radius 3 is 2.77 bits per heavy atom. The summed E-state index contributed by atoms with van der Waals surface area (Å²) in [6, 6.07) is 0. The summed E-state index contributed by atoms with van der Waals surface area (Å²) in [5.41, 5.74) is 0.171. The van der Waals surface area contributed by atoms with Gasteiger partial charge in [-0.2, -0.15) is 0 Å². The van der Waals surface area contributed by atoms with Crippen LogP contribution in [0.15, 0.2) is 0 Å². The summed E-state index contributed by atoms with van der Waals surface area (Å²) in [6.45, 7) is 4.66. The molecule has 3 heteroatoms. The molecule has 0 aromatic heterocycles. The van der Waals surface area contributed by atoms with Gasteiger partial charge in [-0.15, -0.1) is 0 Å². The molecule has 0 unspecified atom stereocenters. The molecule has 8 atom stereocenters. The zero-order valence-corrected chi connectivity index (χ0v) is 13.8. The van der Waals surface area contributed by atoms with E-state index in [9.17, 15) is 9.90 Å². The van der Waals surface area contributed by atoms with E-state index in [1.165, 1.54) is 12.8 Å². The monoisotopic (exact) mass is 304 g/mol. The number of aliphatic hydroxyl groups is 1. The van der Waals surface area contributed by atoms with Crippen molar-refractivity contribution in [3.8, 4) is 0 Å². The van der Waals surface area contributed by atoms with E-state index >= 15 is 0 Å². The van der Waals surface area contributed by atoms with E-state index in [0.29, 0.717) is 29.6 Å². The summed E-state index contributed by atoms with van der Waals surface area (Å²) in [5, 5.41) is 10.1.